The van der Waals surface area contributed by atoms with Gasteiger partial charge < -0.3 is 9.84 Å². The third kappa shape index (κ3) is 3.76. The number of nitro benzene ring substituents is 1. The molecule has 1 N–H and O–H groups in total. The molecular formula is C15H13NO5S. The lowest BCUT2D eigenvalue weighted by atomic mass is 10.2. The minimum Gasteiger partial charge on any atom is -0.502 e. The Morgan fingerprint density at radius 1 is 1.23 bits per heavy atom. The van der Waals surface area contributed by atoms with Gasteiger partial charge in [0.05, 0.1) is 17.1 Å². The number of hydrogen-bond acceptors (Lipinski definition) is 6. The van der Waals surface area contributed by atoms with E-state index in [2.05, 4.69) is 0 Å². The number of carbonyl (C=O) groups excluding carboxylic acids is 1. The number of phenols is 1. The molecule has 0 aliphatic heterocycles. The van der Waals surface area contributed by atoms with Crippen molar-refractivity contribution >= 4 is 23.4 Å². The van der Waals surface area contributed by atoms with Crippen LogP contribution in [0.4, 0.5) is 5.69 Å². The standard InChI is InChI=1S/C15H13NO5S/c1-2-21-15(18)10-3-5-11(6-4-10)22-12-7-8-13(16(19)20)14(17)9-12/h3-9,17H,2H2,1H3. The topological polar surface area (TPSA) is 89.7 Å². The number of ether oxygens (including phenoxy) is 1. The first-order valence-corrected chi connectivity index (χ1v) is 7.25. The Labute approximate surface area is 130 Å². The van der Waals surface area contributed by atoms with Crippen molar-refractivity contribution in [3.63, 3.8) is 0 Å². The maximum Gasteiger partial charge on any atom is 0.338 e. The van der Waals surface area contributed by atoms with Gasteiger partial charge in [-0.1, -0.05) is 11.8 Å². The molecule has 7 heteroatoms. The van der Waals surface area contributed by atoms with E-state index >= 15 is 0 Å². The van der Waals surface area contributed by atoms with Gasteiger partial charge in [0.2, 0.25) is 0 Å². The number of esters is 1. The van der Waals surface area contributed by atoms with Gasteiger partial charge in [0.1, 0.15) is 0 Å². The average Bonchev–Trinajstić information content (AvgIpc) is 2.48. The predicted molar refractivity (Wildman–Crippen MR) is 81.3 cm³/mol. The summed E-state index contributed by atoms with van der Waals surface area (Å²) in [5.74, 6) is -0.759. The largest absolute Gasteiger partial charge is 0.502 e. The molecule has 22 heavy (non-hydrogen) atoms. The molecule has 0 amide bonds. The van der Waals surface area contributed by atoms with Crippen LogP contribution in [0.3, 0.4) is 0 Å². The number of nitrogens with zero attached hydrogens (tertiary/aromatic N) is 1. The molecule has 6 nitrogen and oxygen atoms in total. The summed E-state index contributed by atoms with van der Waals surface area (Å²) in [4.78, 5) is 23.0. The van der Waals surface area contributed by atoms with E-state index in [0.29, 0.717) is 17.1 Å². The van der Waals surface area contributed by atoms with Crippen molar-refractivity contribution < 1.29 is 19.6 Å². The van der Waals surface area contributed by atoms with Crippen LogP contribution in [0, 0.1) is 10.1 Å². The zero-order chi connectivity index (χ0) is 16.1. The van der Waals surface area contributed by atoms with Crippen molar-refractivity contribution in [3.8, 4) is 5.75 Å². The molecule has 0 aliphatic carbocycles. The summed E-state index contributed by atoms with van der Waals surface area (Å²) in [6.45, 7) is 2.06. The molecule has 2 aromatic carbocycles. The fourth-order valence-corrected chi connectivity index (χ4v) is 2.58. The smallest absolute Gasteiger partial charge is 0.338 e. The summed E-state index contributed by atoms with van der Waals surface area (Å²) in [5, 5.41) is 20.2. The minimum atomic E-state index is -0.641. The molecule has 0 fully saturated rings. The van der Waals surface area contributed by atoms with Crippen LogP contribution in [0.25, 0.3) is 0 Å². The van der Waals surface area contributed by atoms with Gasteiger partial charge in [0.25, 0.3) is 0 Å². The third-order valence-corrected chi connectivity index (χ3v) is 3.74. The molecular weight excluding hydrogens is 306 g/mol. The predicted octanol–water partition coefficient (Wildman–Crippen LogP) is 3.63. The molecule has 0 saturated carbocycles. The Hall–Kier alpha value is -2.54. The molecule has 0 aliphatic rings. The van der Waals surface area contributed by atoms with Crippen molar-refractivity contribution in [2.24, 2.45) is 0 Å². The minimum absolute atomic E-state index is 0.317. The Morgan fingerprint density at radius 3 is 2.41 bits per heavy atom. The normalized spacial score (nSPS) is 10.2. The van der Waals surface area contributed by atoms with E-state index in [-0.39, 0.29) is 17.4 Å². The fraction of sp³-hybridized carbons (Fsp3) is 0.133. The summed E-state index contributed by atoms with van der Waals surface area (Å²) in [7, 11) is 0. The highest BCUT2D eigenvalue weighted by Gasteiger charge is 2.13. The molecule has 2 rings (SSSR count). The number of hydrogen-bond donors (Lipinski definition) is 1. The number of carbonyl (C=O) groups is 1. The Kier molecular flexibility index (Phi) is 5.00. The van der Waals surface area contributed by atoms with Crippen molar-refractivity contribution in [3.05, 3.63) is 58.1 Å². The number of rotatable bonds is 5. The third-order valence-electron chi connectivity index (χ3n) is 2.74. The van der Waals surface area contributed by atoms with E-state index in [1.165, 1.54) is 23.9 Å². The lowest BCUT2D eigenvalue weighted by Gasteiger charge is -2.05. The summed E-state index contributed by atoms with van der Waals surface area (Å²) >= 11 is 1.32. The number of benzene rings is 2. The van der Waals surface area contributed by atoms with E-state index in [1.807, 2.05) is 0 Å². The lowest BCUT2D eigenvalue weighted by Crippen LogP contribution is -2.03. The Morgan fingerprint density at radius 2 is 1.86 bits per heavy atom. The SMILES string of the molecule is CCOC(=O)c1ccc(Sc2ccc([N+](=O)[O-])c(O)c2)cc1. The van der Waals surface area contributed by atoms with Gasteiger partial charge >= 0.3 is 11.7 Å². The highest BCUT2D eigenvalue weighted by Crippen LogP contribution is 2.34. The Balaban J connectivity index is 2.12. The first-order chi connectivity index (χ1) is 10.5. The highest BCUT2D eigenvalue weighted by atomic mass is 32.2. The van der Waals surface area contributed by atoms with E-state index in [0.717, 1.165) is 4.90 Å². The van der Waals surface area contributed by atoms with Crippen molar-refractivity contribution in [2.45, 2.75) is 16.7 Å². The molecule has 0 bridgehead atoms. The second-order valence-corrected chi connectivity index (χ2v) is 5.40. The van der Waals surface area contributed by atoms with Crippen LogP contribution < -0.4 is 0 Å². The summed E-state index contributed by atoms with van der Waals surface area (Å²) in [6.07, 6.45) is 0. The fourth-order valence-electron chi connectivity index (χ4n) is 1.73. The van der Waals surface area contributed by atoms with E-state index in [1.54, 1.807) is 37.3 Å². The molecule has 0 radical (unpaired) electrons. The zero-order valence-electron chi connectivity index (χ0n) is 11.7. The van der Waals surface area contributed by atoms with E-state index < -0.39 is 4.92 Å². The molecule has 2 aromatic rings. The van der Waals surface area contributed by atoms with Gasteiger partial charge in [-0.05, 0) is 37.3 Å². The van der Waals surface area contributed by atoms with Crippen molar-refractivity contribution in [1.82, 2.24) is 0 Å². The van der Waals surface area contributed by atoms with Gasteiger partial charge in [0.15, 0.2) is 5.75 Å². The van der Waals surface area contributed by atoms with Crippen LogP contribution in [0.5, 0.6) is 5.75 Å². The second-order valence-electron chi connectivity index (χ2n) is 4.25. The molecule has 0 atom stereocenters. The second kappa shape index (κ2) is 6.95. The molecule has 0 aromatic heterocycles. The van der Waals surface area contributed by atoms with Crippen LogP contribution in [-0.2, 0) is 4.74 Å². The molecule has 114 valence electrons. The van der Waals surface area contributed by atoms with E-state index in [9.17, 15) is 20.0 Å². The number of aromatic hydroxyl groups is 1. The van der Waals surface area contributed by atoms with Gasteiger partial charge in [-0.3, -0.25) is 10.1 Å². The quantitative estimate of drug-likeness (QED) is 0.514. The first-order valence-electron chi connectivity index (χ1n) is 6.43. The van der Waals surface area contributed by atoms with Gasteiger partial charge in [-0.2, -0.15) is 0 Å². The highest BCUT2D eigenvalue weighted by molar-refractivity contribution is 7.99. The maximum absolute atomic E-state index is 11.5. The first kappa shape index (κ1) is 15.8. The lowest BCUT2D eigenvalue weighted by molar-refractivity contribution is -0.385. The van der Waals surface area contributed by atoms with Crippen LogP contribution in [0.1, 0.15) is 17.3 Å². The molecule has 0 heterocycles. The molecule has 0 spiro atoms. The monoisotopic (exact) mass is 319 g/mol. The maximum atomic E-state index is 11.5. The van der Waals surface area contributed by atoms with Crippen molar-refractivity contribution in [1.29, 1.82) is 0 Å². The summed E-state index contributed by atoms with van der Waals surface area (Å²) < 4.78 is 4.89. The van der Waals surface area contributed by atoms with Gasteiger partial charge in [0, 0.05) is 21.9 Å². The van der Waals surface area contributed by atoms with Crippen molar-refractivity contribution in [2.75, 3.05) is 6.61 Å². The van der Waals surface area contributed by atoms with Crippen LogP contribution in [0.15, 0.2) is 52.3 Å². The Bertz CT molecular complexity index is 700. The van der Waals surface area contributed by atoms with Crippen LogP contribution >= 0.6 is 11.8 Å². The summed E-state index contributed by atoms with van der Waals surface area (Å²) in [6, 6.07) is 10.9. The number of nitro groups is 1. The van der Waals surface area contributed by atoms with Crippen LogP contribution in [-0.4, -0.2) is 22.6 Å². The summed E-state index contributed by atoms with van der Waals surface area (Å²) in [5.41, 5.74) is 0.125. The van der Waals surface area contributed by atoms with Crippen LogP contribution in [0.2, 0.25) is 0 Å². The van der Waals surface area contributed by atoms with E-state index in [4.69, 9.17) is 4.74 Å². The van der Waals surface area contributed by atoms with Gasteiger partial charge in [-0.25, -0.2) is 4.79 Å². The number of phenolic OH excluding ortho intramolecular Hbond substituents is 1. The molecule has 0 saturated heterocycles. The molecule has 0 unspecified atom stereocenters. The van der Waals surface area contributed by atoms with Gasteiger partial charge in [-0.15, -0.1) is 0 Å². The zero-order valence-corrected chi connectivity index (χ0v) is 12.5. The average molecular weight is 319 g/mol.